The lowest BCUT2D eigenvalue weighted by Crippen LogP contribution is -2.09. The molecule has 7 nitrogen and oxygen atoms in total. The van der Waals surface area contributed by atoms with E-state index < -0.39 is 11.0 Å². The van der Waals surface area contributed by atoms with Crippen LogP contribution < -0.4 is 4.74 Å². The second-order valence-corrected chi connectivity index (χ2v) is 6.50. The van der Waals surface area contributed by atoms with Crippen molar-refractivity contribution in [2.45, 2.75) is 25.9 Å². The number of aromatic nitrogens is 2. The zero-order chi connectivity index (χ0) is 20.6. The quantitative estimate of drug-likeness (QED) is 0.289. The maximum atomic E-state index is 11.8. The Balaban J connectivity index is 1.73. The zero-order valence-electron chi connectivity index (χ0n) is 16.2. The number of ether oxygens (including phenoxy) is 2. The summed E-state index contributed by atoms with van der Waals surface area (Å²) in [5.41, 5.74) is 1.81. The molecule has 3 aromatic rings. The summed E-state index contributed by atoms with van der Waals surface area (Å²) in [6.07, 6.45) is 4.38. The van der Waals surface area contributed by atoms with Crippen molar-refractivity contribution in [2.75, 3.05) is 6.61 Å². The molecule has 29 heavy (non-hydrogen) atoms. The molecule has 2 heterocycles. The third kappa shape index (κ3) is 5.58. The number of nitro groups is 1. The Labute approximate surface area is 169 Å². The number of rotatable bonds is 9. The molecule has 0 saturated carbocycles. The van der Waals surface area contributed by atoms with Crippen LogP contribution in [0.2, 0.25) is 0 Å². The zero-order valence-corrected chi connectivity index (χ0v) is 16.2. The van der Waals surface area contributed by atoms with E-state index in [1.54, 1.807) is 43.5 Å². The number of nitrogens with zero attached hydrogens (tertiary/aromatic N) is 3. The minimum absolute atomic E-state index is 0.0659. The first-order valence-electron chi connectivity index (χ1n) is 9.27. The SMILES string of the molecule is [CH2]C(OCCCc1cccnc1)c1cc(C)nc(Oc2ccccc2)c1[N+](=O)[O-]. The maximum absolute atomic E-state index is 11.8. The van der Waals surface area contributed by atoms with Crippen molar-refractivity contribution in [1.29, 1.82) is 0 Å². The molecule has 1 aromatic carbocycles. The second kappa shape index (κ2) is 9.75. The van der Waals surface area contributed by atoms with Crippen LogP contribution in [0.3, 0.4) is 0 Å². The van der Waals surface area contributed by atoms with Gasteiger partial charge >= 0.3 is 5.69 Å². The minimum atomic E-state index is -0.718. The number of pyridine rings is 2. The Hall–Kier alpha value is -3.32. The van der Waals surface area contributed by atoms with Crippen molar-refractivity contribution in [3.05, 3.63) is 94.8 Å². The molecule has 0 bridgehead atoms. The van der Waals surface area contributed by atoms with Crippen molar-refractivity contribution in [1.82, 2.24) is 9.97 Å². The second-order valence-electron chi connectivity index (χ2n) is 6.50. The van der Waals surface area contributed by atoms with Crippen molar-refractivity contribution in [3.8, 4) is 11.6 Å². The summed E-state index contributed by atoms with van der Waals surface area (Å²) in [5, 5.41) is 11.8. The van der Waals surface area contributed by atoms with E-state index >= 15 is 0 Å². The van der Waals surface area contributed by atoms with Gasteiger partial charge in [0, 0.05) is 24.7 Å². The molecule has 1 unspecified atom stereocenters. The van der Waals surface area contributed by atoms with E-state index in [9.17, 15) is 10.1 Å². The summed E-state index contributed by atoms with van der Waals surface area (Å²) in [6.45, 7) is 6.13. The van der Waals surface area contributed by atoms with Crippen molar-refractivity contribution in [3.63, 3.8) is 0 Å². The lowest BCUT2D eigenvalue weighted by Gasteiger charge is -2.16. The molecule has 1 radical (unpaired) electrons. The van der Waals surface area contributed by atoms with E-state index in [4.69, 9.17) is 9.47 Å². The van der Waals surface area contributed by atoms with Gasteiger partial charge in [-0.05, 0) is 56.5 Å². The van der Waals surface area contributed by atoms with Gasteiger partial charge in [0.25, 0.3) is 5.88 Å². The molecule has 2 aromatic heterocycles. The topological polar surface area (TPSA) is 87.4 Å². The minimum Gasteiger partial charge on any atom is -0.434 e. The van der Waals surface area contributed by atoms with Crippen LogP contribution in [0.1, 0.15) is 29.3 Å². The van der Waals surface area contributed by atoms with Crippen LogP contribution in [0.25, 0.3) is 0 Å². The number of aryl methyl sites for hydroxylation is 2. The van der Waals surface area contributed by atoms with E-state index in [-0.39, 0.29) is 11.6 Å². The van der Waals surface area contributed by atoms with Crippen molar-refractivity contribution in [2.24, 2.45) is 0 Å². The summed E-state index contributed by atoms with van der Waals surface area (Å²) in [7, 11) is 0. The third-order valence-electron chi connectivity index (χ3n) is 4.26. The van der Waals surface area contributed by atoms with Gasteiger partial charge in [-0.2, -0.15) is 0 Å². The standard InChI is InChI=1S/C22H22N3O4/c1-16-14-20(17(2)28-13-7-9-18-8-6-12-23-15-18)21(25(26)27)22(24-16)29-19-10-4-3-5-11-19/h3-6,8,10-12,14-15,17H,2,7,9,13H2,1H3. The highest BCUT2D eigenvalue weighted by molar-refractivity contribution is 5.52. The molecule has 3 rings (SSSR count). The van der Waals surface area contributed by atoms with Crippen molar-refractivity contribution >= 4 is 5.69 Å². The first-order valence-corrected chi connectivity index (χ1v) is 9.27. The molecule has 0 saturated heterocycles. The summed E-state index contributed by atoms with van der Waals surface area (Å²) in [5.74, 6) is 0.404. The Kier molecular flexibility index (Phi) is 6.86. The average molecular weight is 392 g/mol. The van der Waals surface area contributed by atoms with Gasteiger partial charge in [-0.1, -0.05) is 24.3 Å². The van der Waals surface area contributed by atoms with Gasteiger partial charge < -0.3 is 9.47 Å². The van der Waals surface area contributed by atoms with Crippen LogP contribution in [0.4, 0.5) is 5.69 Å². The highest BCUT2D eigenvalue weighted by Crippen LogP contribution is 2.37. The molecule has 0 spiro atoms. The number of hydrogen-bond donors (Lipinski definition) is 0. The lowest BCUT2D eigenvalue weighted by molar-refractivity contribution is -0.387. The monoisotopic (exact) mass is 392 g/mol. The van der Waals surface area contributed by atoms with Crippen LogP contribution in [-0.4, -0.2) is 21.5 Å². The summed E-state index contributed by atoms with van der Waals surface area (Å²) < 4.78 is 11.5. The highest BCUT2D eigenvalue weighted by atomic mass is 16.6. The van der Waals surface area contributed by atoms with Crippen molar-refractivity contribution < 1.29 is 14.4 Å². The van der Waals surface area contributed by atoms with E-state index in [2.05, 4.69) is 16.9 Å². The number of para-hydroxylation sites is 1. The molecule has 149 valence electrons. The Morgan fingerprint density at radius 1 is 1.21 bits per heavy atom. The summed E-state index contributed by atoms with van der Waals surface area (Å²) >= 11 is 0. The van der Waals surface area contributed by atoms with Crippen LogP contribution in [0.15, 0.2) is 60.9 Å². The first-order chi connectivity index (χ1) is 14.0. The van der Waals surface area contributed by atoms with Gasteiger partial charge in [0.1, 0.15) is 5.75 Å². The predicted octanol–water partition coefficient (Wildman–Crippen LogP) is 5.01. The number of hydrogen-bond acceptors (Lipinski definition) is 6. The van der Waals surface area contributed by atoms with E-state index in [0.29, 0.717) is 23.6 Å². The Morgan fingerprint density at radius 2 is 2.00 bits per heavy atom. The molecule has 0 amide bonds. The Bertz CT molecular complexity index is 949. The maximum Gasteiger partial charge on any atom is 0.337 e. The smallest absolute Gasteiger partial charge is 0.337 e. The number of benzene rings is 1. The average Bonchev–Trinajstić information content (AvgIpc) is 2.72. The molecular weight excluding hydrogens is 370 g/mol. The van der Waals surface area contributed by atoms with E-state index in [1.165, 1.54) is 0 Å². The largest absolute Gasteiger partial charge is 0.434 e. The van der Waals surface area contributed by atoms with Gasteiger partial charge in [0.15, 0.2) is 0 Å². The van der Waals surface area contributed by atoms with Crippen LogP contribution in [-0.2, 0) is 11.2 Å². The Morgan fingerprint density at radius 3 is 2.69 bits per heavy atom. The van der Waals surface area contributed by atoms with Gasteiger partial charge in [0.05, 0.1) is 16.6 Å². The molecule has 1 atom stereocenters. The molecule has 7 heteroatoms. The summed E-state index contributed by atoms with van der Waals surface area (Å²) in [4.78, 5) is 19.6. The molecule has 0 fully saturated rings. The van der Waals surface area contributed by atoms with E-state index in [0.717, 1.165) is 18.4 Å². The molecule has 0 aliphatic carbocycles. The predicted molar refractivity (Wildman–Crippen MR) is 109 cm³/mol. The summed E-state index contributed by atoms with van der Waals surface area (Å²) in [6, 6.07) is 14.3. The van der Waals surface area contributed by atoms with Crippen LogP contribution >= 0.6 is 0 Å². The lowest BCUT2D eigenvalue weighted by atomic mass is 10.1. The molecule has 0 N–H and O–H groups in total. The molecular formula is C22H22N3O4. The van der Waals surface area contributed by atoms with Gasteiger partial charge in [-0.3, -0.25) is 15.1 Å². The first kappa shape index (κ1) is 20.4. The fraction of sp³-hybridized carbons (Fsp3) is 0.227. The van der Waals surface area contributed by atoms with Gasteiger partial charge in [-0.25, -0.2) is 4.98 Å². The van der Waals surface area contributed by atoms with E-state index in [1.807, 2.05) is 24.4 Å². The third-order valence-corrected chi connectivity index (χ3v) is 4.26. The van der Waals surface area contributed by atoms with Crippen LogP contribution in [0, 0.1) is 24.0 Å². The van der Waals surface area contributed by atoms with Gasteiger partial charge in [-0.15, -0.1) is 0 Å². The van der Waals surface area contributed by atoms with Gasteiger partial charge in [0.2, 0.25) is 0 Å². The highest BCUT2D eigenvalue weighted by Gasteiger charge is 2.28. The fourth-order valence-corrected chi connectivity index (χ4v) is 2.90. The molecule has 0 aliphatic heterocycles. The normalized spacial score (nSPS) is 11.8. The fourth-order valence-electron chi connectivity index (χ4n) is 2.90. The molecule has 0 aliphatic rings. The van der Waals surface area contributed by atoms with Crippen LogP contribution in [0.5, 0.6) is 11.6 Å².